The van der Waals surface area contributed by atoms with E-state index < -0.39 is 0 Å². The predicted molar refractivity (Wildman–Crippen MR) is 113 cm³/mol. The monoisotopic (exact) mass is 428 g/mol. The van der Waals surface area contributed by atoms with Crippen molar-refractivity contribution in [3.8, 4) is 5.75 Å². The lowest BCUT2D eigenvalue weighted by Crippen LogP contribution is -2.51. The van der Waals surface area contributed by atoms with Gasteiger partial charge in [-0.05, 0) is 19.1 Å². The molecule has 0 unspecified atom stereocenters. The summed E-state index contributed by atoms with van der Waals surface area (Å²) in [5, 5.41) is 2.77. The Morgan fingerprint density at radius 3 is 2.50 bits per heavy atom. The molecular formula is C21H24N4O4S. The van der Waals surface area contributed by atoms with Crippen molar-refractivity contribution in [3.05, 3.63) is 40.3 Å². The van der Waals surface area contributed by atoms with Gasteiger partial charge in [0.2, 0.25) is 11.8 Å². The molecule has 0 bridgehead atoms. The van der Waals surface area contributed by atoms with E-state index in [1.807, 2.05) is 36.6 Å². The van der Waals surface area contributed by atoms with Crippen molar-refractivity contribution in [1.82, 2.24) is 14.8 Å². The number of para-hydroxylation sites is 2. The second kappa shape index (κ2) is 8.83. The first-order chi connectivity index (χ1) is 14.5. The Morgan fingerprint density at radius 1 is 1.10 bits per heavy atom. The number of hydrogen-bond acceptors (Lipinski definition) is 6. The molecule has 0 aliphatic carbocycles. The van der Waals surface area contributed by atoms with Gasteiger partial charge in [0.15, 0.2) is 6.61 Å². The van der Waals surface area contributed by atoms with Crippen LogP contribution in [0, 0.1) is 6.92 Å². The van der Waals surface area contributed by atoms with E-state index in [0.29, 0.717) is 50.6 Å². The fourth-order valence-electron chi connectivity index (χ4n) is 3.69. The number of anilines is 1. The molecule has 3 amide bonds. The van der Waals surface area contributed by atoms with Gasteiger partial charge in [-0.3, -0.25) is 14.4 Å². The Bertz CT molecular complexity index is 952. The van der Waals surface area contributed by atoms with Crippen molar-refractivity contribution < 1.29 is 19.1 Å². The number of hydrogen-bond donors (Lipinski definition) is 0. The summed E-state index contributed by atoms with van der Waals surface area (Å²) in [6, 6.07) is 7.35. The molecule has 9 heteroatoms. The number of carbonyl (C=O) groups excluding carboxylic acids is 3. The maximum absolute atomic E-state index is 12.7. The zero-order valence-corrected chi connectivity index (χ0v) is 17.7. The number of thiazole rings is 1. The predicted octanol–water partition coefficient (Wildman–Crippen LogP) is 1.48. The van der Waals surface area contributed by atoms with E-state index in [-0.39, 0.29) is 30.7 Å². The molecule has 1 saturated heterocycles. The van der Waals surface area contributed by atoms with Crippen LogP contribution in [-0.2, 0) is 20.8 Å². The quantitative estimate of drug-likeness (QED) is 0.721. The van der Waals surface area contributed by atoms with E-state index in [2.05, 4.69) is 4.98 Å². The first-order valence-electron chi connectivity index (χ1n) is 10.00. The Kier molecular flexibility index (Phi) is 5.98. The molecule has 1 fully saturated rings. The van der Waals surface area contributed by atoms with Crippen LogP contribution in [0.2, 0.25) is 0 Å². The Balaban J connectivity index is 1.27. The number of carbonyl (C=O) groups is 3. The highest BCUT2D eigenvalue weighted by molar-refractivity contribution is 7.09. The van der Waals surface area contributed by atoms with Crippen molar-refractivity contribution in [2.45, 2.75) is 19.8 Å². The molecule has 0 radical (unpaired) electrons. The summed E-state index contributed by atoms with van der Waals surface area (Å²) in [6.45, 7) is 4.29. The maximum atomic E-state index is 12.7. The molecule has 2 aliphatic rings. The summed E-state index contributed by atoms with van der Waals surface area (Å²) in [4.78, 5) is 46.9. The van der Waals surface area contributed by atoms with Gasteiger partial charge in [-0.15, -0.1) is 11.3 Å². The highest BCUT2D eigenvalue weighted by Crippen LogP contribution is 2.31. The molecule has 2 aliphatic heterocycles. The third kappa shape index (κ3) is 4.46. The van der Waals surface area contributed by atoms with Gasteiger partial charge in [-0.1, -0.05) is 12.1 Å². The van der Waals surface area contributed by atoms with Crippen molar-refractivity contribution in [3.63, 3.8) is 0 Å². The summed E-state index contributed by atoms with van der Waals surface area (Å²) in [5.41, 5.74) is 1.63. The van der Waals surface area contributed by atoms with E-state index in [1.165, 1.54) is 11.3 Å². The molecule has 8 nitrogen and oxygen atoms in total. The molecule has 1 aromatic heterocycles. The standard InChI is InChI=1S/C21H24N4O4S/c1-15-14-30-18(22-15)12-20(27)24-10-8-23(9-11-24)19(26)6-7-25-16-4-2-3-5-17(16)29-13-21(25)28/h2-5,14H,6-13H2,1H3. The van der Waals surface area contributed by atoms with Crippen LogP contribution in [-0.4, -0.2) is 71.8 Å². The number of aromatic nitrogens is 1. The van der Waals surface area contributed by atoms with Crippen LogP contribution in [0.15, 0.2) is 29.6 Å². The molecule has 0 saturated carbocycles. The molecule has 0 N–H and O–H groups in total. The smallest absolute Gasteiger partial charge is 0.265 e. The van der Waals surface area contributed by atoms with E-state index in [1.54, 1.807) is 14.7 Å². The fraction of sp³-hybridized carbons (Fsp3) is 0.429. The number of fused-ring (bicyclic) bond motifs is 1. The molecule has 3 heterocycles. The minimum Gasteiger partial charge on any atom is -0.482 e. The lowest BCUT2D eigenvalue weighted by atomic mass is 10.2. The van der Waals surface area contributed by atoms with Crippen LogP contribution in [0.5, 0.6) is 5.75 Å². The molecule has 2 aromatic rings. The topological polar surface area (TPSA) is 83.1 Å². The summed E-state index contributed by atoms with van der Waals surface area (Å²) >= 11 is 1.50. The SMILES string of the molecule is Cc1csc(CC(=O)N2CCN(C(=O)CCN3C(=O)COc4ccccc43)CC2)n1. The highest BCUT2D eigenvalue weighted by Gasteiger charge is 2.28. The summed E-state index contributed by atoms with van der Waals surface area (Å²) in [6.07, 6.45) is 0.553. The molecule has 1 aromatic carbocycles. The van der Waals surface area contributed by atoms with E-state index in [4.69, 9.17) is 4.74 Å². The van der Waals surface area contributed by atoms with Crippen LogP contribution in [0.3, 0.4) is 0 Å². The molecular weight excluding hydrogens is 404 g/mol. The Hall–Kier alpha value is -2.94. The molecule has 0 spiro atoms. The number of rotatable bonds is 5. The van der Waals surface area contributed by atoms with Crippen LogP contribution < -0.4 is 9.64 Å². The van der Waals surface area contributed by atoms with Crippen LogP contribution in [0.1, 0.15) is 17.1 Å². The van der Waals surface area contributed by atoms with Gasteiger partial charge in [-0.25, -0.2) is 4.98 Å². The van der Waals surface area contributed by atoms with Gasteiger partial charge in [0, 0.05) is 50.2 Å². The largest absolute Gasteiger partial charge is 0.482 e. The molecule has 4 rings (SSSR count). The van der Waals surface area contributed by atoms with Crippen LogP contribution in [0.25, 0.3) is 0 Å². The van der Waals surface area contributed by atoms with Crippen LogP contribution >= 0.6 is 11.3 Å². The molecule has 30 heavy (non-hydrogen) atoms. The lowest BCUT2D eigenvalue weighted by Gasteiger charge is -2.35. The number of amides is 3. The second-order valence-electron chi connectivity index (χ2n) is 7.37. The van der Waals surface area contributed by atoms with Gasteiger partial charge in [0.05, 0.1) is 12.1 Å². The van der Waals surface area contributed by atoms with E-state index in [0.717, 1.165) is 10.7 Å². The van der Waals surface area contributed by atoms with Crippen molar-refractivity contribution in [1.29, 1.82) is 0 Å². The Morgan fingerprint density at radius 2 is 1.80 bits per heavy atom. The summed E-state index contributed by atoms with van der Waals surface area (Å²) in [5.74, 6) is 0.558. The number of ether oxygens (including phenoxy) is 1. The minimum absolute atomic E-state index is 0.00517. The van der Waals surface area contributed by atoms with Crippen molar-refractivity contribution >= 4 is 34.7 Å². The number of nitrogens with zero attached hydrogens (tertiary/aromatic N) is 4. The maximum Gasteiger partial charge on any atom is 0.265 e. The Labute approximate surface area is 179 Å². The van der Waals surface area contributed by atoms with Gasteiger partial charge < -0.3 is 19.4 Å². The van der Waals surface area contributed by atoms with Crippen molar-refractivity contribution in [2.24, 2.45) is 0 Å². The average Bonchev–Trinajstić information content (AvgIpc) is 3.17. The first-order valence-corrected chi connectivity index (χ1v) is 10.9. The number of aryl methyl sites for hydroxylation is 1. The first kappa shape index (κ1) is 20.3. The van der Waals surface area contributed by atoms with Crippen LogP contribution in [0.4, 0.5) is 5.69 Å². The third-order valence-corrected chi connectivity index (χ3v) is 6.28. The lowest BCUT2D eigenvalue weighted by molar-refractivity contribution is -0.139. The highest BCUT2D eigenvalue weighted by atomic mass is 32.1. The summed E-state index contributed by atoms with van der Waals surface area (Å²) in [7, 11) is 0. The summed E-state index contributed by atoms with van der Waals surface area (Å²) < 4.78 is 5.44. The molecule has 0 atom stereocenters. The van der Waals surface area contributed by atoms with Gasteiger partial charge in [0.1, 0.15) is 10.8 Å². The van der Waals surface area contributed by atoms with Crippen molar-refractivity contribution in [2.75, 3.05) is 44.2 Å². The second-order valence-corrected chi connectivity index (χ2v) is 8.32. The zero-order chi connectivity index (χ0) is 21.1. The normalized spacial score (nSPS) is 16.3. The van der Waals surface area contributed by atoms with Gasteiger partial charge in [0.25, 0.3) is 5.91 Å². The zero-order valence-electron chi connectivity index (χ0n) is 16.9. The van der Waals surface area contributed by atoms with E-state index in [9.17, 15) is 14.4 Å². The van der Waals surface area contributed by atoms with E-state index >= 15 is 0 Å². The molecule has 158 valence electrons. The van der Waals surface area contributed by atoms with Gasteiger partial charge >= 0.3 is 0 Å². The third-order valence-electron chi connectivity index (χ3n) is 5.31. The minimum atomic E-state index is -0.144. The average molecular weight is 429 g/mol. The van der Waals surface area contributed by atoms with Gasteiger partial charge in [-0.2, -0.15) is 0 Å². The number of piperazine rings is 1. The fourth-order valence-corrected chi connectivity index (χ4v) is 4.46. The number of benzene rings is 1.